The van der Waals surface area contributed by atoms with Gasteiger partial charge in [-0.25, -0.2) is 0 Å². The molecule has 0 unspecified atom stereocenters. The Morgan fingerprint density at radius 2 is 0.649 bits per heavy atom. The maximum atomic E-state index is 12.9. The summed E-state index contributed by atoms with van der Waals surface area (Å²) in [4.78, 5) is 128. The van der Waals surface area contributed by atoms with Gasteiger partial charge in [0.25, 0.3) is 0 Å². The lowest BCUT2D eigenvalue weighted by atomic mass is 9.47. The number of carboxylic acids is 3. The van der Waals surface area contributed by atoms with Gasteiger partial charge in [-0.05, 0) is 282 Å². The average molecular weight is 1820 g/mol. The number of carboxylic acid groups (broad SMARTS) is 3. The van der Waals surface area contributed by atoms with Crippen LogP contribution in [0.4, 0.5) is 0 Å². The third-order valence-electron chi connectivity index (χ3n) is 34.6. The molecule has 708 valence electrons. The number of aliphatic carboxylic acids is 3. The number of esters is 3. The second-order valence-electron chi connectivity index (χ2n) is 42.1. The predicted molar refractivity (Wildman–Crippen MR) is 513 cm³/mol. The number of hydrogen-bond acceptors (Lipinski definition) is 15. The van der Waals surface area contributed by atoms with Gasteiger partial charge in [-0.3, -0.25) is 58.1 Å². The number of carbonyl (C=O) groups excluding carboxylic acids is 6. The zero-order valence-electron chi connectivity index (χ0n) is 79.2. The molecule has 3 aromatic heterocycles. The van der Waals surface area contributed by atoms with Crippen molar-refractivity contribution in [2.24, 2.45) is 85.8 Å². The van der Waals surface area contributed by atoms with Gasteiger partial charge in [0.15, 0.2) is 0 Å². The molecule has 6 fully saturated rings. The summed E-state index contributed by atoms with van der Waals surface area (Å²) in [5.41, 5.74) is 16.4. The predicted octanol–water partition coefficient (Wildman–Crippen LogP) is 21.0. The second-order valence-corrected chi connectivity index (χ2v) is 42.1. The number of rotatable bonds is 29. The van der Waals surface area contributed by atoms with Gasteiger partial charge in [-0.15, -0.1) is 0 Å². The first-order valence-corrected chi connectivity index (χ1v) is 49.6. The van der Waals surface area contributed by atoms with Crippen LogP contribution >= 0.6 is 0 Å². The minimum absolute atomic E-state index is 0.0374. The molecule has 6 saturated carbocycles. The topological polar surface area (TPSA) is 290 Å². The van der Waals surface area contributed by atoms with Crippen LogP contribution < -0.4 is 0 Å². The van der Waals surface area contributed by atoms with Crippen LogP contribution in [-0.2, 0) is 76.9 Å². The molecular formula is C113H136N6O15. The van der Waals surface area contributed by atoms with E-state index in [2.05, 4.69) is 111 Å². The van der Waals surface area contributed by atoms with Gasteiger partial charge in [0.1, 0.15) is 37.9 Å². The number of aromatic nitrogens is 3. The van der Waals surface area contributed by atoms with Crippen molar-refractivity contribution in [1.29, 1.82) is 0 Å². The number of hydrogen-bond donors (Lipinski definition) is 3. The number of ether oxygens (including phenoxy) is 3. The Kier molecular flexibility index (Phi) is 29.7. The molecule has 3 N–H and O–H groups in total. The molecule has 21 heteroatoms. The van der Waals surface area contributed by atoms with Crippen molar-refractivity contribution in [1.82, 2.24) is 29.7 Å². The Labute approximate surface area is 790 Å². The van der Waals surface area contributed by atoms with Crippen molar-refractivity contribution >= 4 is 70.3 Å². The minimum atomic E-state index is -1.08. The van der Waals surface area contributed by atoms with Crippen molar-refractivity contribution in [2.75, 3.05) is 26.2 Å². The molecule has 134 heavy (non-hydrogen) atoms. The summed E-state index contributed by atoms with van der Waals surface area (Å²) < 4.78 is 17.8. The molecule has 0 bridgehead atoms. The quantitative estimate of drug-likeness (QED) is 0.0223. The number of fused-ring (bicyclic) bond motifs is 15. The van der Waals surface area contributed by atoms with E-state index in [1.54, 1.807) is 0 Å². The maximum absolute atomic E-state index is 12.9. The fourth-order valence-corrected chi connectivity index (χ4v) is 27.6. The largest absolute Gasteiger partial charge is 0.480 e. The van der Waals surface area contributed by atoms with E-state index in [1.165, 1.54) is 103 Å². The van der Waals surface area contributed by atoms with E-state index in [4.69, 9.17) is 14.2 Å². The van der Waals surface area contributed by atoms with Crippen LogP contribution in [0.5, 0.6) is 0 Å². The lowest BCUT2D eigenvalue weighted by Gasteiger charge is -2.57. The van der Waals surface area contributed by atoms with Crippen molar-refractivity contribution in [2.45, 2.75) is 259 Å². The van der Waals surface area contributed by atoms with Crippen molar-refractivity contribution in [3.8, 4) is 0 Å². The van der Waals surface area contributed by atoms with Crippen LogP contribution in [0.2, 0.25) is 0 Å². The van der Waals surface area contributed by atoms with Crippen LogP contribution in [0.25, 0.3) is 16.7 Å². The third-order valence-corrected chi connectivity index (χ3v) is 34.6. The molecule has 0 radical (unpaired) electrons. The Bertz CT molecular complexity index is 5450. The Balaban J connectivity index is 0.000000146. The summed E-state index contributed by atoms with van der Waals surface area (Å²) in [6.45, 7) is 14.4. The number of allylic oxidation sites excluding steroid dienone is 9. The van der Waals surface area contributed by atoms with Crippen molar-refractivity contribution in [3.05, 3.63) is 251 Å². The van der Waals surface area contributed by atoms with Crippen LogP contribution in [0.15, 0.2) is 218 Å². The Morgan fingerprint density at radius 3 is 0.985 bits per heavy atom. The van der Waals surface area contributed by atoms with Gasteiger partial charge in [0, 0.05) is 102 Å². The van der Waals surface area contributed by atoms with Crippen LogP contribution in [0.3, 0.4) is 0 Å². The highest BCUT2D eigenvalue weighted by atomic mass is 16.6. The van der Waals surface area contributed by atoms with Crippen LogP contribution in [0, 0.1) is 85.8 Å². The number of benzene rings is 3. The van der Waals surface area contributed by atoms with Crippen molar-refractivity contribution < 1.29 is 72.7 Å². The molecule has 3 heterocycles. The molecule has 0 spiro atoms. The van der Waals surface area contributed by atoms with Gasteiger partial charge in [-0.2, -0.15) is 0 Å². The molecule has 3 amide bonds. The van der Waals surface area contributed by atoms with Gasteiger partial charge in [-0.1, -0.05) is 204 Å². The van der Waals surface area contributed by atoms with Gasteiger partial charge < -0.3 is 44.2 Å². The molecule has 12 aliphatic carbocycles. The molecule has 21 nitrogen and oxygen atoms in total. The monoisotopic (exact) mass is 1820 g/mol. The highest BCUT2D eigenvalue weighted by Crippen LogP contribution is 2.70. The molecule has 6 aromatic rings. The average Bonchev–Trinajstić information content (AvgIpc) is 1.66. The van der Waals surface area contributed by atoms with E-state index >= 15 is 0 Å². The van der Waals surface area contributed by atoms with E-state index in [9.17, 15) is 58.5 Å². The minimum Gasteiger partial charge on any atom is -0.480 e. The first-order valence-electron chi connectivity index (χ1n) is 49.6. The summed E-state index contributed by atoms with van der Waals surface area (Å²) in [7, 11) is 0. The van der Waals surface area contributed by atoms with Crippen LogP contribution in [0.1, 0.15) is 255 Å². The zero-order chi connectivity index (χ0) is 94.1. The summed E-state index contributed by atoms with van der Waals surface area (Å²) >= 11 is 0. The zero-order valence-corrected chi connectivity index (χ0v) is 79.2. The molecule has 0 saturated heterocycles. The summed E-state index contributed by atoms with van der Waals surface area (Å²) in [6.07, 6.45) is 48.8. The highest BCUT2D eigenvalue weighted by Gasteiger charge is 2.61. The molecule has 3 aromatic carbocycles. The van der Waals surface area contributed by atoms with Gasteiger partial charge in [0.05, 0.1) is 12.8 Å². The Morgan fingerprint density at radius 1 is 0.336 bits per heavy atom. The first-order chi connectivity index (χ1) is 64.5. The van der Waals surface area contributed by atoms with E-state index in [1.807, 2.05) is 146 Å². The van der Waals surface area contributed by atoms with Gasteiger partial charge in [0.2, 0.25) is 17.7 Å². The first kappa shape index (κ1) is 95.9. The third kappa shape index (κ3) is 20.9. The van der Waals surface area contributed by atoms with Gasteiger partial charge >= 0.3 is 35.8 Å². The normalized spacial score (nSPS) is 30.3. The fourth-order valence-electron chi connectivity index (χ4n) is 27.6. The molecule has 18 rings (SSSR count). The van der Waals surface area contributed by atoms with Crippen LogP contribution in [-0.4, -0.2) is 143 Å². The SMILES string of the molecule is C[C@]12CC[C@H](OC(=O)CCC(=O)N(CC(=O)O)Cc3ccccc3)CC1=CC[C@@H]1[C@@H]2CC[C@]2(C)C(c3cccnc3)=CC[C@@H]12.C[C@]12CC[C@H](OC(=O)CCC(=O)N(CCc3ccccc3)CC(=O)O)CC1=CC[C@@H]1[C@@H]2CC[C@]2(C)C(c3cccnc3)=CC[C@@H]12.C[C@]12CC[C@H](OC(=O)CCCC(=O)N(CC(=O)O)Cc3ccccc3)CC1=CC[C@@H]1[C@@H]2CC[C@]2(C)C(c3cccnc3)=CC[C@@H]12. The Hall–Kier alpha value is -11.2. The van der Waals surface area contributed by atoms with E-state index in [0.29, 0.717) is 72.6 Å². The standard InChI is InChI=1S/2C38H46N2O5.C37H44N2O5/c1-37-19-17-29(45-36(44)12-6-11-34(41)40(25-35(42)43)24-26-8-4-3-5-9-26)22-28(37)13-14-30-32-16-15-31(27-10-7-21-39-23-27)38(32,2)20-18-33(30)37;1-37-19-16-29(45-36(44)15-14-34(41)40(25-35(42)43)22-18-26-7-4-3-5-8-26)23-28(37)10-11-30-32-13-12-31(27-9-6-21-39-24-27)38(32,2)20-17-33(30)37;1-36-18-16-28(44-35(43)15-14-33(40)39(24-34(41)42)23-25-7-4-3-5-8-25)21-27(36)10-11-29-31-13-12-30(26-9-6-20-38-22-26)37(31,2)19-17-32(29)36/h3-5,7-10,13,15,21,23,29-30,32-33H,6,11-12,14,16-20,22,24-25H2,1-2H3,(H,42,43);3-10,12,21,24,29-30,32-33H,11,13-20,22-23,25H2,1-2H3,(H,42,43);3-10,12,20,22,28-29,31-32H,11,13-19,21,23-24H2,1-2H3,(H,41,42)/t2*29-,30-,32-,33-,37-,38+;28-,29-,31-,32-,36-,37+/m000/s1. The van der Waals surface area contributed by atoms with E-state index in [0.717, 1.165) is 113 Å². The molecular weight excluding hydrogens is 1680 g/mol. The fraction of sp³-hybridized carbons (Fsp3) is 0.522. The lowest BCUT2D eigenvalue weighted by Crippen LogP contribution is -2.50. The molecule has 12 aliphatic rings. The number of amides is 3. The number of carbonyl (C=O) groups is 9. The van der Waals surface area contributed by atoms with E-state index < -0.39 is 24.5 Å². The summed E-state index contributed by atoms with van der Waals surface area (Å²) in [5.74, 6) is 0.668. The lowest BCUT2D eigenvalue weighted by molar-refractivity contribution is -0.154. The van der Waals surface area contributed by atoms with E-state index in [-0.39, 0.29) is 151 Å². The molecule has 0 aliphatic heterocycles. The smallest absolute Gasteiger partial charge is 0.323 e. The molecule has 18 atom stereocenters. The number of nitrogens with zero attached hydrogens (tertiary/aromatic N) is 6. The second kappa shape index (κ2) is 41.5. The van der Waals surface area contributed by atoms with Crippen molar-refractivity contribution in [3.63, 3.8) is 0 Å². The summed E-state index contributed by atoms with van der Waals surface area (Å²) in [6, 6.07) is 41.0. The summed E-state index contributed by atoms with van der Waals surface area (Å²) in [5, 5.41) is 27.9. The maximum Gasteiger partial charge on any atom is 0.323 e. The highest BCUT2D eigenvalue weighted by molar-refractivity contribution is 5.86. The number of pyridine rings is 3.